The fourth-order valence-corrected chi connectivity index (χ4v) is 3.08. The molecule has 4 heteroatoms. The summed E-state index contributed by atoms with van der Waals surface area (Å²) in [7, 11) is 0. The van der Waals surface area contributed by atoms with Gasteiger partial charge in [0.1, 0.15) is 0 Å². The van der Waals surface area contributed by atoms with Crippen LogP contribution in [-0.4, -0.2) is 15.8 Å². The SMILES string of the molecule is CC1(C(=O)c2ccc3[nH]c(=O)[nH]c3c2)CCCCC1. The lowest BCUT2D eigenvalue weighted by molar-refractivity contribution is 0.0749. The minimum absolute atomic E-state index is 0.205. The van der Waals surface area contributed by atoms with E-state index >= 15 is 0 Å². The van der Waals surface area contributed by atoms with Gasteiger partial charge in [-0.05, 0) is 31.0 Å². The summed E-state index contributed by atoms with van der Waals surface area (Å²) >= 11 is 0. The third-order valence-corrected chi connectivity index (χ3v) is 4.28. The second-order valence-electron chi connectivity index (χ2n) is 5.79. The zero-order chi connectivity index (χ0) is 13.5. The smallest absolute Gasteiger partial charge is 0.306 e. The van der Waals surface area contributed by atoms with Crippen LogP contribution in [0.4, 0.5) is 0 Å². The van der Waals surface area contributed by atoms with Crippen LogP contribution >= 0.6 is 0 Å². The average Bonchev–Trinajstić information content (AvgIpc) is 2.77. The molecule has 1 aromatic heterocycles. The van der Waals surface area contributed by atoms with Gasteiger partial charge in [-0.3, -0.25) is 4.79 Å². The lowest BCUT2D eigenvalue weighted by atomic mass is 9.71. The third kappa shape index (κ3) is 2.11. The Bertz CT molecular complexity index is 675. The number of fused-ring (bicyclic) bond motifs is 1. The van der Waals surface area contributed by atoms with Gasteiger partial charge in [-0.15, -0.1) is 0 Å². The van der Waals surface area contributed by atoms with Crippen LogP contribution in [0.2, 0.25) is 0 Å². The van der Waals surface area contributed by atoms with Crippen molar-refractivity contribution in [1.82, 2.24) is 9.97 Å². The van der Waals surface area contributed by atoms with Crippen molar-refractivity contribution in [3.05, 3.63) is 34.2 Å². The van der Waals surface area contributed by atoms with Crippen LogP contribution < -0.4 is 5.69 Å². The van der Waals surface area contributed by atoms with E-state index in [1.54, 1.807) is 12.1 Å². The van der Waals surface area contributed by atoms with Crippen LogP contribution in [0.1, 0.15) is 49.4 Å². The van der Waals surface area contributed by atoms with Gasteiger partial charge in [0, 0.05) is 11.0 Å². The molecule has 1 aliphatic rings. The molecule has 0 atom stereocenters. The van der Waals surface area contributed by atoms with Crippen LogP contribution in [0.25, 0.3) is 11.0 Å². The zero-order valence-corrected chi connectivity index (χ0v) is 11.1. The predicted octanol–water partition coefficient (Wildman–Crippen LogP) is 3.01. The number of benzene rings is 1. The lowest BCUT2D eigenvalue weighted by Gasteiger charge is -2.32. The molecule has 1 fully saturated rings. The quantitative estimate of drug-likeness (QED) is 0.813. The number of carbonyl (C=O) groups excluding carboxylic acids is 1. The van der Waals surface area contributed by atoms with Gasteiger partial charge in [0.15, 0.2) is 5.78 Å². The van der Waals surface area contributed by atoms with Gasteiger partial charge in [-0.1, -0.05) is 26.2 Å². The number of aromatic nitrogens is 2. The molecule has 1 aromatic carbocycles. The number of carbonyl (C=O) groups is 1. The van der Waals surface area contributed by atoms with E-state index in [1.165, 1.54) is 6.42 Å². The molecule has 100 valence electrons. The van der Waals surface area contributed by atoms with Gasteiger partial charge < -0.3 is 9.97 Å². The maximum Gasteiger partial charge on any atom is 0.323 e. The Hall–Kier alpha value is -1.84. The number of rotatable bonds is 2. The molecule has 1 saturated carbocycles. The molecule has 19 heavy (non-hydrogen) atoms. The standard InChI is InChI=1S/C15H18N2O2/c1-15(7-3-2-4-8-15)13(18)10-5-6-11-12(9-10)17-14(19)16-11/h5-6,9H,2-4,7-8H2,1H3,(H2,16,17,19). The molecule has 0 unspecified atom stereocenters. The highest BCUT2D eigenvalue weighted by Crippen LogP contribution is 2.38. The Labute approximate surface area is 111 Å². The van der Waals surface area contributed by atoms with Gasteiger partial charge in [-0.2, -0.15) is 0 Å². The summed E-state index contributed by atoms with van der Waals surface area (Å²) in [5, 5.41) is 0. The van der Waals surface area contributed by atoms with E-state index in [4.69, 9.17) is 0 Å². The summed E-state index contributed by atoms with van der Waals surface area (Å²) in [6, 6.07) is 5.40. The van der Waals surface area contributed by atoms with Crippen LogP contribution in [0.3, 0.4) is 0 Å². The van der Waals surface area contributed by atoms with E-state index in [0.29, 0.717) is 11.1 Å². The first kappa shape index (κ1) is 12.2. The Morgan fingerprint density at radius 3 is 2.53 bits per heavy atom. The zero-order valence-electron chi connectivity index (χ0n) is 11.1. The first-order valence-corrected chi connectivity index (χ1v) is 6.85. The topological polar surface area (TPSA) is 65.7 Å². The summed E-state index contributed by atoms with van der Waals surface area (Å²) in [5.41, 5.74) is 1.68. The molecule has 0 amide bonds. The van der Waals surface area contributed by atoms with Crippen LogP contribution in [0.15, 0.2) is 23.0 Å². The van der Waals surface area contributed by atoms with Gasteiger partial charge in [0.25, 0.3) is 0 Å². The Kier molecular flexibility index (Phi) is 2.81. The highest BCUT2D eigenvalue weighted by molar-refractivity contribution is 6.02. The van der Waals surface area contributed by atoms with Crippen molar-refractivity contribution >= 4 is 16.8 Å². The fraction of sp³-hybridized carbons (Fsp3) is 0.467. The van der Waals surface area contributed by atoms with E-state index in [9.17, 15) is 9.59 Å². The number of hydrogen-bond donors (Lipinski definition) is 2. The van der Waals surface area contributed by atoms with Crippen LogP contribution in [0, 0.1) is 5.41 Å². The monoisotopic (exact) mass is 258 g/mol. The molecule has 1 aliphatic carbocycles. The number of hydrogen-bond acceptors (Lipinski definition) is 2. The maximum atomic E-state index is 12.7. The minimum Gasteiger partial charge on any atom is -0.306 e. The van der Waals surface area contributed by atoms with Crippen molar-refractivity contribution in [1.29, 1.82) is 0 Å². The molecule has 0 saturated heterocycles. The number of H-pyrrole nitrogens is 2. The number of aromatic amines is 2. The van der Waals surface area contributed by atoms with E-state index in [0.717, 1.165) is 31.2 Å². The maximum absolute atomic E-state index is 12.7. The van der Waals surface area contributed by atoms with E-state index in [1.807, 2.05) is 6.07 Å². The predicted molar refractivity (Wildman–Crippen MR) is 74.4 cm³/mol. The van der Waals surface area contributed by atoms with Gasteiger partial charge in [0.2, 0.25) is 0 Å². The molecule has 4 nitrogen and oxygen atoms in total. The second kappa shape index (κ2) is 4.37. The van der Waals surface area contributed by atoms with Crippen molar-refractivity contribution in [2.45, 2.75) is 39.0 Å². The normalized spacial score (nSPS) is 18.6. The number of Topliss-reactive ketones (excluding diaryl/α,β-unsaturated/α-hetero) is 1. The summed E-state index contributed by atoms with van der Waals surface area (Å²) in [6.45, 7) is 2.07. The highest BCUT2D eigenvalue weighted by atomic mass is 16.1. The first-order valence-electron chi connectivity index (χ1n) is 6.85. The average molecular weight is 258 g/mol. The van der Waals surface area contributed by atoms with Crippen molar-refractivity contribution < 1.29 is 4.79 Å². The van der Waals surface area contributed by atoms with Gasteiger partial charge in [-0.25, -0.2) is 4.79 Å². The van der Waals surface area contributed by atoms with Crippen molar-refractivity contribution in [3.8, 4) is 0 Å². The Morgan fingerprint density at radius 1 is 1.11 bits per heavy atom. The lowest BCUT2D eigenvalue weighted by Crippen LogP contribution is -2.30. The largest absolute Gasteiger partial charge is 0.323 e. The summed E-state index contributed by atoms with van der Waals surface area (Å²) in [4.78, 5) is 29.3. The summed E-state index contributed by atoms with van der Waals surface area (Å²) in [6.07, 6.45) is 5.42. The third-order valence-electron chi connectivity index (χ3n) is 4.28. The minimum atomic E-state index is -0.234. The molecular weight excluding hydrogens is 240 g/mol. The highest BCUT2D eigenvalue weighted by Gasteiger charge is 2.35. The first-order chi connectivity index (χ1) is 9.08. The summed E-state index contributed by atoms with van der Waals surface area (Å²) < 4.78 is 0. The molecule has 0 aliphatic heterocycles. The van der Waals surface area contributed by atoms with E-state index in [-0.39, 0.29) is 16.9 Å². The van der Waals surface area contributed by atoms with Gasteiger partial charge >= 0.3 is 5.69 Å². The Morgan fingerprint density at radius 2 is 1.79 bits per heavy atom. The molecule has 0 radical (unpaired) electrons. The van der Waals surface area contributed by atoms with E-state index in [2.05, 4.69) is 16.9 Å². The van der Waals surface area contributed by atoms with Crippen molar-refractivity contribution in [2.75, 3.05) is 0 Å². The fourth-order valence-electron chi connectivity index (χ4n) is 3.08. The molecule has 1 heterocycles. The van der Waals surface area contributed by atoms with Gasteiger partial charge in [0.05, 0.1) is 11.0 Å². The molecule has 0 bridgehead atoms. The van der Waals surface area contributed by atoms with Crippen molar-refractivity contribution in [2.24, 2.45) is 5.41 Å². The molecule has 2 N–H and O–H groups in total. The van der Waals surface area contributed by atoms with E-state index < -0.39 is 0 Å². The summed E-state index contributed by atoms with van der Waals surface area (Å²) in [5.74, 6) is 0.205. The number of nitrogens with one attached hydrogen (secondary N) is 2. The molecular formula is C15H18N2O2. The molecule has 0 spiro atoms. The van der Waals surface area contributed by atoms with Crippen molar-refractivity contribution in [3.63, 3.8) is 0 Å². The second-order valence-corrected chi connectivity index (χ2v) is 5.79. The number of imidazole rings is 1. The van der Waals surface area contributed by atoms with Crippen LogP contribution in [-0.2, 0) is 0 Å². The van der Waals surface area contributed by atoms with Crippen LogP contribution in [0.5, 0.6) is 0 Å². The Balaban J connectivity index is 1.98. The number of ketones is 1. The molecule has 2 aromatic rings. The molecule has 3 rings (SSSR count).